The molecule has 0 unspecified atom stereocenters. The Bertz CT molecular complexity index is 1640. The minimum Gasteiger partial charge on any atom is -0.458 e. The molecule has 3 aromatic heterocycles. The summed E-state index contributed by atoms with van der Waals surface area (Å²) in [5.41, 5.74) is 7.61. The first-order valence-corrected chi connectivity index (χ1v) is 11.3. The van der Waals surface area contributed by atoms with Gasteiger partial charge in [-0.05, 0) is 24.6 Å². The molecule has 3 N–H and O–H groups in total. The van der Waals surface area contributed by atoms with Crippen LogP contribution in [0.2, 0.25) is 0 Å². The van der Waals surface area contributed by atoms with E-state index in [2.05, 4.69) is 5.10 Å². The van der Waals surface area contributed by atoms with Gasteiger partial charge >= 0.3 is 5.97 Å². The minimum absolute atomic E-state index is 0.0671. The average molecular weight is 471 g/mol. The number of hydrogen-bond acceptors (Lipinski definition) is 8. The van der Waals surface area contributed by atoms with Gasteiger partial charge in [0.05, 0.1) is 41.3 Å². The molecule has 176 valence electrons. The fraction of sp³-hybridized carbons (Fsp3) is 0.240. The summed E-state index contributed by atoms with van der Waals surface area (Å²) in [6.07, 6.45) is 1.63. The molecule has 0 amide bonds. The van der Waals surface area contributed by atoms with Gasteiger partial charge in [0.2, 0.25) is 0 Å². The largest absolute Gasteiger partial charge is 0.458 e. The number of pyridine rings is 2. The van der Waals surface area contributed by atoms with E-state index in [1.165, 1.54) is 4.68 Å². The molecule has 2 aliphatic heterocycles. The highest BCUT2D eigenvalue weighted by atomic mass is 16.6. The van der Waals surface area contributed by atoms with Gasteiger partial charge in [0.25, 0.3) is 11.5 Å². The SMILES string of the molecule is CC[C@@]1(O)C(=O)OCc2c1cc1n(c2=O)Cc2c-1nc1ccccc1c2-c1ccn(C(=O)CN)n1. The second-order valence-electron chi connectivity index (χ2n) is 8.68. The molecule has 1 aromatic carbocycles. The molecule has 0 saturated heterocycles. The van der Waals surface area contributed by atoms with Gasteiger partial charge in [0.1, 0.15) is 6.61 Å². The van der Waals surface area contributed by atoms with Crippen LogP contribution in [0.5, 0.6) is 0 Å². The number of carbonyl (C=O) groups is 2. The van der Waals surface area contributed by atoms with E-state index >= 15 is 0 Å². The van der Waals surface area contributed by atoms with Crippen LogP contribution in [0.25, 0.3) is 33.5 Å². The van der Waals surface area contributed by atoms with Gasteiger partial charge < -0.3 is 20.1 Å². The number of carbonyl (C=O) groups excluding carboxylic acids is 2. The Balaban J connectivity index is 1.64. The van der Waals surface area contributed by atoms with Gasteiger partial charge in [0, 0.05) is 28.3 Å². The Labute approximate surface area is 198 Å². The molecular weight excluding hydrogens is 450 g/mol. The lowest BCUT2D eigenvalue weighted by Gasteiger charge is -2.31. The van der Waals surface area contributed by atoms with Gasteiger partial charge in [-0.2, -0.15) is 5.10 Å². The number of ether oxygens (including phenoxy) is 1. The average Bonchev–Trinajstić information content (AvgIpc) is 3.50. The summed E-state index contributed by atoms with van der Waals surface area (Å²) in [7, 11) is 0. The van der Waals surface area contributed by atoms with Crippen LogP contribution in [0.15, 0.2) is 47.4 Å². The number of rotatable bonds is 3. The maximum atomic E-state index is 13.5. The lowest BCUT2D eigenvalue weighted by Crippen LogP contribution is -2.44. The summed E-state index contributed by atoms with van der Waals surface area (Å²) in [6.45, 7) is 1.52. The van der Waals surface area contributed by atoms with Crippen LogP contribution in [0.1, 0.15) is 34.8 Å². The Kier molecular flexibility index (Phi) is 4.54. The summed E-state index contributed by atoms with van der Waals surface area (Å²) >= 11 is 0. The van der Waals surface area contributed by atoms with Gasteiger partial charge in [-0.1, -0.05) is 25.1 Å². The second-order valence-corrected chi connectivity index (χ2v) is 8.68. The van der Waals surface area contributed by atoms with Gasteiger partial charge in [0.15, 0.2) is 5.60 Å². The summed E-state index contributed by atoms with van der Waals surface area (Å²) in [5.74, 6) is -1.11. The molecule has 0 radical (unpaired) electrons. The van der Waals surface area contributed by atoms with Crippen LogP contribution in [-0.4, -0.2) is 42.9 Å². The van der Waals surface area contributed by atoms with Crippen LogP contribution >= 0.6 is 0 Å². The molecule has 10 heteroatoms. The first-order chi connectivity index (χ1) is 16.9. The molecule has 0 bridgehead atoms. The number of cyclic esters (lactones) is 1. The van der Waals surface area contributed by atoms with Crippen molar-refractivity contribution in [3.8, 4) is 22.6 Å². The van der Waals surface area contributed by atoms with Gasteiger partial charge in [-0.15, -0.1) is 0 Å². The number of benzene rings is 1. The number of aromatic nitrogens is 4. The second kappa shape index (κ2) is 7.42. The summed E-state index contributed by atoms with van der Waals surface area (Å²) < 4.78 is 7.93. The van der Waals surface area contributed by atoms with E-state index in [0.29, 0.717) is 22.6 Å². The van der Waals surface area contributed by atoms with Crippen molar-refractivity contribution in [1.29, 1.82) is 0 Å². The van der Waals surface area contributed by atoms with E-state index in [4.69, 9.17) is 15.5 Å². The van der Waals surface area contributed by atoms with Gasteiger partial charge in [-0.25, -0.2) is 14.5 Å². The Morgan fingerprint density at radius 1 is 1.23 bits per heavy atom. The van der Waals surface area contributed by atoms with Crippen molar-refractivity contribution in [2.75, 3.05) is 6.54 Å². The number of aliphatic hydroxyl groups is 1. The van der Waals surface area contributed by atoms with E-state index in [0.717, 1.165) is 16.5 Å². The fourth-order valence-electron chi connectivity index (χ4n) is 5.01. The van der Waals surface area contributed by atoms with Crippen molar-refractivity contribution in [2.45, 2.75) is 32.1 Å². The first-order valence-electron chi connectivity index (χ1n) is 11.3. The quantitative estimate of drug-likeness (QED) is 0.377. The fourth-order valence-corrected chi connectivity index (χ4v) is 5.01. The summed E-state index contributed by atoms with van der Waals surface area (Å²) in [6, 6.07) is 10.9. The van der Waals surface area contributed by atoms with Crippen molar-refractivity contribution in [1.82, 2.24) is 19.3 Å². The Morgan fingerprint density at radius 3 is 2.80 bits per heavy atom. The van der Waals surface area contributed by atoms with Crippen molar-refractivity contribution < 1.29 is 19.4 Å². The van der Waals surface area contributed by atoms with Gasteiger partial charge in [-0.3, -0.25) is 9.59 Å². The smallest absolute Gasteiger partial charge is 0.343 e. The third kappa shape index (κ3) is 2.87. The Hall–Kier alpha value is -4.15. The molecule has 35 heavy (non-hydrogen) atoms. The van der Waals surface area contributed by atoms with E-state index in [9.17, 15) is 19.5 Å². The third-order valence-corrected chi connectivity index (χ3v) is 6.87. The lowest BCUT2D eigenvalue weighted by molar-refractivity contribution is -0.172. The predicted octanol–water partition coefficient (Wildman–Crippen LogP) is 1.54. The Morgan fingerprint density at radius 2 is 2.03 bits per heavy atom. The number of hydrogen-bond donors (Lipinski definition) is 2. The van der Waals surface area contributed by atoms with Crippen LogP contribution in [-0.2, 0) is 28.3 Å². The molecule has 0 spiro atoms. The van der Waals surface area contributed by atoms with Crippen LogP contribution in [0.3, 0.4) is 0 Å². The zero-order valence-electron chi connectivity index (χ0n) is 18.8. The van der Waals surface area contributed by atoms with Crippen LogP contribution in [0.4, 0.5) is 0 Å². The maximum absolute atomic E-state index is 13.5. The monoisotopic (exact) mass is 471 g/mol. The number of nitrogens with zero attached hydrogens (tertiary/aromatic N) is 4. The molecule has 0 aliphatic carbocycles. The highest BCUT2D eigenvalue weighted by molar-refractivity contribution is 5.99. The number of fused-ring (bicyclic) bond motifs is 5. The summed E-state index contributed by atoms with van der Waals surface area (Å²) in [5, 5.41) is 16.4. The number of esters is 1. The first kappa shape index (κ1) is 21.4. The molecule has 10 nitrogen and oxygen atoms in total. The third-order valence-electron chi connectivity index (χ3n) is 6.87. The van der Waals surface area contributed by atoms with Crippen molar-refractivity contribution >= 4 is 22.8 Å². The molecule has 0 fully saturated rings. The lowest BCUT2D eigenvalue weighted by atomic mass is 9.86. The van der Waals surface area contributed by atoms with E-state index in [1.54, 1.807) is 29.8 Å². The number of nitrogens with two attached hydrogens (primary N) is 1. The predicted molar refractivity (Wildman–Crippen MR) is 125 cm³/mol. The van der Waals surface area contributed by atoms with Crippen LogP contribution in [0, 0.1) is 0 Å². The normalized spacial score (nSPS) is 18.2. The highest BCUT2D eigenvalue weighted by Gasteiger charge is 2.45. The molecule has 1 atom stereocenters. The van der Waals surface area contributed by atoms with Crippen molar-refractivity contribution in [2.24, 2.45) is 5.73 Å². The molecule has 4 aromatic rings. The van der Waals surface area contributed by atoms with E-state index in [-0.39, 0.29) is 48.7 Å². The topological polar surface area (TPSA) is 142 Å². The molecule has 5 heterocycles. The molecular formula is C25H21N5O5. The maximum Gasteiger partial charge on any atom is 0.343 e. The number of para-hydroxylation sites is 1. The minimum atomic E-state index is -1.90. The molecule has 0 saturated carbocycles. The van der Waals surface area contributed by atoms with Crippen molar-refractivity contribution in [3.05, 3.63) is 69.6 Å². The van der Waals surface area contributed by atoms with E-state index in [1.807, 2.05) is 24.3 Å². The molecule has 6 rings (SSSR count). The zero-order valence-corrected chi connectivity index (χ0v) is 18.8. The van der Waals surface area contributed by atoms with Crippen molar-refractivity contribution in [3.63, 3.8) is 0 Å². The highest BCUT2D eigenvalue weighted by Crippen LogP contribution is 2.42. The zero-order chi connectivity index (χ0) is 24.5. The van der Waals surface area contributed by atoms with E-state index < -0.39 is 11.6 Å². The molecule has 2 aliphatic rings. The van der Waals surface area contributed by atoms with Crippen LogP contribution < -0.4 is 11.3 Å². The summed E-state index contributed by atoms with van der Waals surface area (Å²) in [4.78, 5) is 42.9. The standard InChI is InChI=1S/C25H21N5O5/c1-2-25(34)16-9-19-22-14(11-29(19)23(32)15(16)12-35-24(25)33)21(13-5-3-4-6-17(13)27-22)18-7-8-30(28-18)20(31)10-26/h3-9,34H,2,10-12,26H2,1H3/t25-/m0/s1.